The van der Waals surface area contributed by atoms with Crippen LogP contribution in [0.3, 0.4) is 0 Å². The molecule has 4 aromatic carbocycles. The Bertz CT molecular complexity index is 5340. The highest BCUT2D eigenvalue weighted by molar-refractivity contribution is 7.22. The molecule has 13 N–H and O–H groups in total. The van der Waals surface area contributed by atoms with Crippen molar-refractivity contribution >= 4 is 156 Å². The fraction of sp³-hybridized carbons (Fsp3) is 0.415. The molecule has 628 valence electrons. The van der Waals surface area contributed by atoms with Crippen LogP contribution >= 0.6 is 57.5 Å². The maximum Gasteiger partial charge on any atom is 0.292 e. The summed E-state index contributed by atoms with van der Waals surface area (Å²) in [4.78, 5) is 54.7. The summed E-state index contributed by atoms with van der Waals surface area (Å²) in [5.41, 5.74) is 51.5. The number of carbonyl (C=O) groups excluding carboxylic acids is 2. The van der Waals surface area contributed by atoms with Gasteiger partial charge in [-0.15, -0.1) is 0 Å². The minimum atomic E-state index is -0.0918. The van der Waals surface area contributed by atoms with Gasteiger partial charge in [-0.25, -0.2) is 29.9 Å². The van der Waals surface area contributed by atoms with Crippen molar-refractivity contribution in [3.63, 3.8) is 0 Å². The molecule has 2 aliphatic rings. The molecule has 14 rings (SSSR count). The van der Waals surface area contributed by atoms with Crippen LogP contribution in [0.15, 0.2) is 173 Å². The number of nitrogens with two attached hydrogens (primary N) is 6. The number of hydrogen-bond donors (Lipinski definition) is 7. The number of nitrogen functional groups attached to an aromatic ring is 6. The van der Waals surface area contributed by atoms with Crippen LogP contribution in [0.5, 0.6) is 0 Å². The highest BCUT2D eigenvalue weighted by Gasteiger charge is 2.27. The zero-order chi connectivity index (χ0) is 88.3. The Morgan fingerprint density at radius 1 is 0.479 bits per heavy atom. The fourth-order valence-corrected chi connectivity index (χ4v) is 14.3. The van der Waals surface area contributed by atoms with Gasteiger partial charge in [-0.1, -0.05) is 293 Å². The van der Waals surface area contributed by atoms with Crippen molar-refractivity contribution in [3.05, 3.63) is 218 Å². The number of Topliss-reactive ketones (excluding diaryl/α,β-unsaturated/α-hetero) is 2. The zero-order valence-electron chi connectivity index (χ0n) is 74.1. The molecule has 0 saturated heterocycles. The van der Waals surface area contributed by atoms with Gasteiger partial charge in [0, 0.05) is 82.8 Å². The number of aryl methyl sites for hydroxylation is 1. The average molecular weight is 1680 g/mol. The van der Waals surface area contributed by atoms with Gasteiger partial charge >= 0.3 is 0 Å². The van der Waals surface area contributed by atoms with Crippen molar-refractivity contribution in [2.24, 2.45) is 17.9 Å². The molecule has 8 aromatic heterocycles. The Kier molecular flexibility index (Phi) is 31.7. The topological polar surface area (TPSA) is 314 Å². The van der Waals surface area contributed by atoms with Gasteiger partial charge in [-0.05, 0) is 144 Å². The van der Waals surface area contributed by atoms with Gasteiger partial charge < -0.3 is 48.4 Å². The minimum Gasteiger partial charge on any atom is -0.424 e. The molecule has 8 heterocycles. The number of H-pyrrole nitrogens is 1. The first-order valence-corrected chi connectivity index (χ1v) is 41.9. The normalized spacial score (nSPS) is 13.4. The standard InChI is InChI=1S/C12H17N3.C11H13ClN2.C11H14N2O.2C11H14N2S.C10H13ClO.C10H14O.C9H13ClN2.C9H14N2/c1-12(2,3)10-5-8-7-14-11(13)6-9(8)15(10)4;1-11(2,3)7-4-8(12)10-9(5-7)13-6-14-10;1-11(2,3)7-4-5-8-9(6-7)14-10(12)13-8;1-11(2,3)7-4-5-9-8(6-7)13-10(12)14-9;1-11(2,3)7-4-5-8-9(6-7)14-10(12)13-8;1-10(2,3)8-6-7(11)4-5-9(8)12;1-10(2,3)8-6-4-5-7-9(8)11;1-9(2,3)7-4-6(10)5-12-8(7)11;1-9(2,3)7-5-4-6-11-8(7)10/h5-7H,1-4H3,(H2,13,14);4-6H,1-3H3,(H,13,14);3*4-6H,1-3H3,(H2,12,13);4,6H,5H2,1-3H3;4-6H,7H2,1-3H3;4-5H,1-3H3,(H2,11,12);4-6H,1-3H3,(H2,10,11). The van der Waals surface area contributed by atoms with Crippen molar-refractivity contribution in [3.8, 4) is 0 Å². The van der Waals surface area contributed by atoms with Crippen LogP contribution in [0.25, 0.3) is 53.5 Å². The molecule has 12 aromatic rings. The van der Waals surface area contributed by atoms with Crippen LogP contribution in [0.4, 0.5) is 33.7 Å². The quantitative estimate of drug-likeness (QED) is 0.0742. The second-order valence-electron chi connectivity index (χ2n) is 38.4. The zero-order valence-corrected chi connectivity index (χ0v) is 78.0. The molecule has 0 aliphatic heterocycles. The summed E-state index contributed by atoms with van der Waals surface area (Å²) < 4.78 is 9.80. The van der Waals surface area contributed by atoms with E-state index < -0.39 is 0 Å². The summed E-state index contributed by atoms with van der Waals surface area (Å²) in [6, 6.07) is 33.0. The molecule has 18 nitrogen and oxygen atoms in total. The van der Waals surface area contributed by atoms with E-state index in [0.717, 1.165) is 71.0 Å². The largest absolute Gasteiger partial charge is 0.424 e. The highest BCUT2D eigenvalue weighted by Crippen LogP contribution is 2.37. The lowest BCUT2D eigenvalue weighted by atomic mass is 9.81. The average Bonchev–Trinajstić information content (AvgIpc) is 1.67. The van der Waals surface area contributed by atoms with Gasteiger partial charge in [-0.3, -0.25) is 9.59 Å². The second kappa shape index (κ2) is 38.5. The Hall–Kier alpha value is -9.44. The van der Waals surface area contributed by atoms with Gasteiger partial charge in [0.25, 0.3) is 6.01 Å². The number of ketones is 2. The molecule has 0 saturated carbocycles. The summed E-state index contributed by atoms with van der Waals surface area (Å²) in [5.74, 6) is 2.22. The minimum absolute atomic E-state index is 0.00183. The predicted molar refractivity (Wildman–Crippen MR) is 503 cm³/mol. The van der Waals surface area contributed by atoms with Crippen LogP contribution < -0.4 is 34.4 Å². The highest BCUT2D eigenvalue weighted by atomic mass is 35.5. The number of nitrogens with one attached hydrogen (secondary N) is 1. The number of aromatic amines is 1. The summed E-state index contributed by atoms with van der Waals surface area (Å²) >= 11 is 20.8. The third-order valence-corrected chi connectivity index (χ3v) is 21.4. The number of nitrogens with zero attached hydrogens (tertiary/aromatic N) is 8. The third kappa shape index (κ3) is 28.4. The van der Waals surface area contributed by atoms with Crippen LogP contribution in [-0.2, 0) is 54.5 Å². The van der Waals surface area contributed by atoms with Crippen molar-refractivity contribution < 1.29 is 14.0 Å². The first kappa shape index (κ1) is 96.4. The second-order valence-corrected chi connectivity index (χ2v) is 41.8. The number of aromatic nitrogens is 9. The molecule has 0 bridgehead atoms. The van der Waals surface area contributed by atoms with Gasteiger partial charge in [0.05, 0.1) is 47.8 Å². The molecular formula is C94H126Cl3N15O3S2. The Morgan fingerprint density at radius 2 is 1.02 bits per heavy atom. The molecule has 0 fully saturated rings. The SMILES string of the molecule is CC(C)(C)C1=CC(Cl)=CCC1=O.CC(C)(C)C1=CC=CCC1=O.CC(C)(C)c1cc(Cl)c2nc[nH]c2c1.CC(C)(C)c1cc(Cl)cnc1N.CC(C)(C)c1ccc2nc(N)oc2c1.CC(C)(C)c1ccc2nc(N)sc2c1.CC(C)(C)c1ccc2sc(N)nc2c1.CC(C)(C)c1cccnc1N.Cn1c(C(C)(C)C)cc2cnc(N)cc21. The maximum atomic E-state index is 11.4. The smallest absolute Gasteiger partial charge is 0.292 e. The first-order valence-electron chi connectivity index (χ1n) is 39.1. The van der Waals surface area contributed by atoms with Crippen molar-refractivity contribution in [1.29, 1.82) is 0 Å². The monoisotopic (exact) mass is 1680 g/mol. The van der Waals surface area contributed by atoms with E-state index in [4.69, 9.17) is 73.6 Å². The molecule has 0 unspecified atom stereocenters. The lowest BCUT2D eigenvalue weighted by Gasteiger charge is -2.23. The number of imidazole rings is 1. The van der Waals surface area contributed by atoms with Crippen LogP contribution in [0.2, 0.25) is 10.0 Å². The number of halogens is 3. The van der Waals surface area contributed by atoms with Gasteiger partial charge in [-0.2, -0.15) is 4.98 Å². The summed E-state index contributed by atoms with van der Waals surface area (Å²) in [6.07, 6.45) is 17.1. The molecule has 0 radical (unpaired) electrons. The molecule has 0 atom stereocenters. The summed E-state index contributed by atoms with van der Waals surface area (Å²) in [7, 11) is 2.07. The van der Waals surface area contributed by atoms with Crippen LogP contribution in [-0.4, -0.2) is 56.0 Å². The summed E-state index contributed by atoms with van der Waals surface area (Å²) in [6.45, 7) is 57.7. The lowest BCUT2D eigenvalue weighted by Crippen LogP contribution is -2.19. The molecule has 23 heteroatoms. The number of pyridine rings is 3. The molecular weight excluding hydrogens is 1560 g/mol. The molecule has 0 spiro atoms. The lowest BCUT2D eigenvalue weighted by molar-refractivity contribution is -0.116. The van der Waals surface area contributed by atoms with Crippen molar-refractivity contribution in [1.82, 2.24) is 44.4 Å². The maximum absolute atomic E-state index is 11.4. The molecule has 0 amide bonds. The van der Waals surface area contributed by atoms with E-state index in [1.807, 2.05) is 93.7 Å². The number of fused-ring (bicyclic) bond motifs is 5. The van der Waals surface area contributed by atoms with Gasteiger partial charge in [0.15, 0.2) is 27.4 Å². The van der Waals surface area contributed by atoms with E-state index in [9.17, 15) is 9.59 Å². The molecule has 2 aliphatic carbocycles. The van der Waals surface area contributed by atoms with Crippen LogP contribution in [0, 0.1) is 10.8 Å². The number of carbonyl (C=O) groups is 2. The Balaban J connectivity index is 0.000000205. The van der Waals surface area contributed by atoms with E-state index in [1.54, 1.807) is 42.2 Å². The van der Waals surface area contributed by atoms with E-state index in [-0.39, 0.29) is 66.3 Å². The number of thiazole rings is 2. The predicted octanol–water partition coefficient (Wildman–Crippen LogP) is 25.1. The van der Waals surface area contributed by atoms with Gasteiger partial charge in [0.1, 0.15) is 28.5 Å². The first-order chi connectivity index (χ1) is 53.6. The Morgan fingerprint density at radius 3 is 1.54 bits per heavy atom. The number of benzene rings is 4. The third-order valence-electron chi connectivity index (χ3n) is 18.9. The van der Waals surface area contributed by atoms with Crippen LogP contribution in [0.1, 0.15) is 239 Å². The van der Waals surface area contributed by atoms with Gasteiger partial charge in [0.2, 0.25) is 0 Å². The van der Waals surface area contributed by atoms with E-state index in [0.29, 0.717) is 55.6 Å². The Labute approximate surface area is 717 Å². The van der Waals surface area contributed by atoms with E-state index in [1.165, 1.54) is 44.0 Å². The number of allylic oxidation sites excluding steroid dienone is 8. The number of anilines is 6. The molecule has 117 heavy (non-hydrogen) atoms. The fourth-order valence-electron chi connectivity index (χ4n) is 12.2. The number of hydrogen-bond acceptors (Lipinski definition) is 18. The number of rotatable bonds is 0. The van der Waals surface area contributed by atoms with Crippen molar-refractivity contribution in [2.75, 3.05) is 34.4 Å². The van der Waals surface area contributed by atoms with E-state index in [2.05, 4.69) is 266 Å². The van der Waals surface area contributed by atoms with Crippen molar-refractivity contribution in [2.45, 2.75) is 238 Å². The number of oxazole rings is 1. The van der Waals surface area contributed by atoms with E-state index >= 15 is 0 Å². The summed E-state index contributed by atoms with van der Waals surface area (Å²) in [5, 5.41) is 4.47.